The highest BCUT2D eigenvalue weighted by Crippen LogP contribution is 2.27. The number of nitro groups is 1. The molecule has 4 rings (SSSR count). The van der Waals surface area contributed by atoms with Crippen molar-refractivity contribution in [2.75, 3.05) is 4.90 Å². The molecule has 0 unspecified atom stereocenters. The number of rotatable bonds is 5. The Morgan fingerprint density at radius 2 is 1.77 bits per heavy atom. The Hall–Kier alpha value is -4.64. The van der Waals surface area contributed by atoms with Gasteiger partial charge in [0, 0.05) is 23.5 Å². The maximum atomic E-state index is 13.3. The summed E-state index contributed by atoms with van der Waals surface area (Å²) in [5, 5.41) is 22.8. The van der Waals surface area contributed by atoms with Gasteiger partial charge in [0.15, 0.2) is 5.11 Å². The number of aromatic nitrogens is 1. The summed E-state index contributed by atoms with van der Waals surface area (Å²) in [7, 11) is 0. The van der Waals surface area contributed by atoms with Crippen molar-refractivity contribution >= 4 is 52.6 Å². The van der Waals surface area contributed by atoms with Crippen LogP contribution in [-0.4, -0.2) is 37.5 Å². The molecule has 0 radical (unpaired) electrons. The average molecular weight is 490 g/mol. The van der Waals surface area contributed by atoms with Crippen LogP contribution in [0.15, 0.2) is 60.2 Å². The zero-order valence-corrected chi connectivity index (χ0v) is 19.3. The van der Waals surface area contributed by atoms with Crippen LogP contribution < -0.4 is 10.2 Å². The van der Waals surface area contributed by atoms with Gasteiger partial charge in [-0.1, -0.05) is 12.1 Å². The third-order valence-electron chi connectivity index (χ3n) is 5.52. The zero-order chi connectivity index (χ0) is 25.4. The van der Waals surface area contributed by atoms with E-state index < -0.39 is 22.7 Å². The molecular formula is C24H18N4O6S. The third-order valence-corrected chi connectivity index (χ3v) is 5.81. The monoisotopic (exact) mass is 490 g/mol. The number of carbonyl (C=O) groups is 3. The lowest BCUT2D eigenvalue weighted by Gasteiger charge is -2.29. The van der Waals surface area contributed by atoms with Gasteiger partial charge < -0.3 is 9.67 Å². The molecule has 0 spiro atoms. The van der Waals surface area contributed by atoms with Crippen LogP contribution in [0.4, 0.5) is 11.4 Å². The SMILES string of the molecule is Cc1cc(C=C2C(=O)NC(=S)N(c3cccc(C(=O)O)c3)C2=O)c(C)n1-c1cccc([N+](=O)[O-])c1. The van der Waals surface area contributed by atoms with Crippen LogP contribution in [0.25, 0.3) is 11.8 Å². The predicted octanol–water partition coefficient (Wildman–Crippen LogP) is 3.53. The number of non-ortho nitro benzene ring substituents is 1. The van der Waals surface area contributed by atoms with Crippen molar-refractivity contribution in [1.82, 2.24) is 9.88 Å². The predicted molar refractivity (Wildman–Crippen MR) is 132 cm³/mol. The second-order valence-corrected chi connectivity index (χ2v) is 8.14. The van der Waals surface area contributed by atoms with E-state index in [1.165, 1.54) is 42.5 Å². The van der Waals surface area contributed by atoms with Crippen molar-refractivity contribution in [3.63, 3.8) is 0 Å². The minimum absolute atomic E-state index is 0.0407. The van der Waals surface area contributed by atoms with Crippen molar-refractivity contribution < 1.29 is 24.4 Å². The van der Waals surface area contributed by atoms with E-state index in [1.54, 1.807) is 36.6 Å². The Labute approximate surface area is 204 Å². The molecule has 1 aliphatic heterocycles. The van der Waals surface area contributed by atoms with Gasteiger partial charge in [0.05, 0.1) is 21.9 Å². The summed E-state index contributed by atoms with van der Waals surface area (Å²) >= 11 is 5.18. The summed E-state index contributed by atoms with van der Waals surface area (Å²) in [6, 6.07) is 13.5. The van der Waals surface area contributed by atoms with Crippen LogP contribution in [0.2, 0.25) is 0 Å². The first-order chi connectivity index (χ1) is 16.6. The number of nitro benzene ring substituents is 1. The number of carboxylic acids is 1. The van der Waals surface area contributed by atoms with Gasteiger partial charge in [-0.25, -0.2) is 4.79 Å². The second kappa shape index (κ2) is 8.95. The van der Waals surface area contributed by atoms with E-state index >= 15 is 0 Å². The molecule has 176 valence electrons. The molecule has 1 aromatic heterocycles. The fraction of sp³-hybridized carbons (Fsp3) is 0.0833. The van der Waals surface area contributed by atoms with Gasteiger partial charge >= 0.3 is 5.97 Å². The molecule has 0 aliphatic carbocycles. The van der Waals surface area contributed by atoms with Crippen LogP contribution in [0.1, 0.15) is 27.3 Å². The summed E-state index contributed by atoms with van der Waals surface area (Å²) in [6.07, 6.45) is 1.42. The highest BCUT2D eigenvalue weighted by Gasteiger charge is 2.35. The molecule has 0 saturated carbocycles. The molecule has 2 N–H and O–H groups in total. The van der Waals surface area contributed by atoms with E-state index in [1.807, 2.05) is 0 Å². The van der Waals surface area contributed by atoms with Crippen molar-refractivity contribution in [2.24, 2.45) is 0 Å². The molecule has 2 heterocycles. The minimum Gasteiger partial charge on any atom is -0.478 e. The van der Waals surface area contributed by atoms with Gasteiger partial charge in [-0.3, -0.25) is 29.9 Å². The minimum atomic E-state index is -1.17. The normalized spacial score (nSPS) is 14.9. The highest BCUT2D eigenvalue weighted by molar-refractivity contribution is 7.80. The molecule has 35 heavy (non-hydrogen) atoms. The number of aryl methyl sites for hydroxylation is 1. The molecule has 0 atom stereocenters. The van der Waals surface area contributed by atoms with E-state index in [9.17, 15) is 29.6 Å². The number of aromatic carboxylic acids is 1. The number of carboxylic acid groups (broad SMARTS) is 1. The first-order valence-electron chi connectivity index (χ1n) is 10.3. The Kier molecular flexibility index (Phi) is 6.01. The molecule has 0 bridgehead atoms. The smallest absolute Gasteiger partial charge is 0.335 e. The fourth-order valence-electron chi connectivity index (χ4n) is 3.90. The lowest BCUT2D eigenvalue weighted by Crippen LogP contribution is -2.54. The highest BCUT2D eigenvalue weighted by atomic mass is 32.1. The van der Waals surface area contributed by atoms with E-state index in [4.69, 9.17) is 12.2 Å². The third kappa shape index (κ3) is 4.32. The molecule has 3 aromatic rings. The number of hydrogen-bond donors (Lipinski definition) is 2. The topological polar surface area (TPSA) is 135 Å². The van der Waals surface area contributed by atoms with Crippen LogP contribution >= 0.6 is 12.2 Å². The van der Waals surface area contributed by atoms with Gasteiger partial charge in [-0.15, -0.1) is 0 Å². The number of nitrogens with one attached hydrogen (secondary N) is 1. The van der Waals surface area contributed by atoms with Crippen molar-refractivity contribution in [1.29, 1.82) is 0 Å². The first-order valence-corrected chi connectivity index (χ1v) is 10.7. The number of anilines is 1. The summed E-state index contributed by atoms with van der Waals surface area (Å²) < 4.78 is 1.78. The molecule has 1 aliphatic rings. The van der Waals surface area contributed by atoms with Crippen LogP contribution in [0.3, 0.4) is 0 Å². The fourth-order valence-corrected chi connectivity index (χ4v) is 4.18. The maximum absolute atomic E-state index is 13.3. The second-order valence-electron chi connectivity index (χ2n) is 7.75. The van der Waals surface area contributed by atoms with Crippen molar-refractivity contribution in [3.05, 3.63) is 92.8 Å². The first kappa shape index (κ1) is 23.5. The van der Waals surface area contributed by atoms with Crippen LogP contribution in [0, 0.1) is 24.0 Å². The van der Waals surface area contributed by atoms with Crippen LogP contribution in [-0.2, 0) is 9.59 Å². The number of carbonyl (C=O) groups excluding carboxylic acids is 2. The summed E-state index contributed by atoms with van der Waals surface area (Å²) in [4.78, 5) is 49.1. The number of nitrogens with zero attached hydrogens (tertiary/aromatic N) is 3. The largest absolute Gasteiger partial charge is 0.478 e. The maximum Gasteiger partial charge on any atom is 0.335 e. The number of hydrogen-bond acceptors (Lipinski definition) is 6. The van der Waals surface area contributed by atoms with Gasteiger partial charge in [0.1, 0.15) is 5.57 Å². The Morgan fingerprint density at radius 1 is 1.09 bits per heavy atom. The standard InChI is InChI=1S/C24H18N4O6S/c1-13-9-16(14(2)26(13)18-7-4-8-19(12-18)28(33)34)11-20-21(29)25-24(35)27(22(20)30)17-6-3-5-15(10-17)23(31)32/h3-12H,1-2H3,(H,31,32)(H,25,29,35). The lowest BCUT2D eigenvalue weighted by molar-refractivity contribution is -0.384. The molecule has 1 fully saturated rings. The summed E-state index contributed by atoms with van der Waals surface area (Å²) in [6.45, 7) is 3.57. The van der Waals surface area contributed by atoms with E-state index in [-0.39, 0.29) is 27.6 Å². The average Bonchev–Trinajstić information content (AvgIpc) is 3.09. The van der Waals surface area contributed by atoms with Gasteiger partial charge in [0.2, 0.25) is 0 Å². The molecular weight excluding hydrogens is 472 g/mol. The molecule has 2 aromatic carbocycles. The quantitative estimate of drug-likeness (QED) is 0.184. The van der Waals surface area contributed by atoms with E-state index in [2.05, 4.69) is 5.32 Å². The molecule has 1 saturated heterocycles. The summed E-state index contributed by atoms with van der Waals surface area (Å²) in [5.41, 5.74) is 2.41. The lowest BCUT2D eigenvalue weighted by atomic mass is 10.1. The number of benzene rings is 2. The molecule has 2 amide bonds. The Balaban J connectivity index is 1.77. The van der Waals surface area contributed by atoms with Crippen molar-refractivity contribution in [2.45, 2.75) is 13.8 Å². The van der Waals surface area contributed by atoms with Gasteiger partial charge in [-0.2, -0.15) is 0 Å². The van der Waals surface area contributed by atoms with E-state index in [0.717, 1.165) is 10.6 Å². The zero-order valence-electron chi connectivity index (χ0n) is 18.5. The van der Waals surface area contributed by atoms with E-state index in [0.29, 0.717) is 16.9 Å². The van der Waals surface area contributed by atoms with Gasteiger partial charge in [-0.05, 0) is 68.0 Å². The molecule has 11 heteroatoms. The van der Waals surface area contributed by atoms with Gasteiger partial charge in [0.25, 0.3) is 17.5 Å². The Morgan fingerprint density at radius 3 is 2.46 bits per heavy atom. The number of amides is 2. The van der Waals surface area contributed by atoms with Crippen molar-refractivity contribution in [3.8, 4) is 5.69 Å². The molecule has 10 nitrogen and oxygen atoms in total. The summed E-state index contributed by atoms with van der Waals surface area (Å²) in [5.74, 6) is -2.57. The van der Waals surface area contributed by atoms with Crippen LogP contribution in [0.5, 0.6) is 0 Å². The number of thiocarbonyl (C=S) groups is 1. The Bertz CT molecular complexity index is 1470.